The molecule has 2 aromatic carbocycles. The van der Waals surface area contributed by atoms with Gasteiger partial charge in [-0.2, -0.15) is 0 Å². The lowest BCUT2D eigenvalue weighted by molar-refractivity contribution is -0.132. The number of para-hydroxylation sites is 1. The quantitative estimate of drug-likeness (QED) is 0.361. The third kappa shape index (κ3) is 6.53. The fourth-order valence-electron chi connectivity index (χ4n) is 3.76. The average molecular weight is 470 g/mol. The van der Waals surface area contributed by atoms with Crippen LogP contribution in [0.2, 0.25) is 10.0 Å². The number of H-pyrrole nitrogens is 1. The molecular weight excluding hydrogens is 441 g/mol. The summed E-state index contributed by atoms with van der Waals surface area (Å²) in [4.78, 5) is 20.6. The molecule has 1 aromatic heterocycles. The second-order valence-corrected chi connectivity index (χ2v) is 8.76. The number of carbonyl (C=O) groups is 1. The summed E-state index contributed by atoms with van der Waals surface area (Å²) in [6.07, 6.45) is 10.4. The van der Waals surface area contributed by atoms with Gasteiger partial charge in [-0.05, 0) is 48.7 Å². The van der Waals surface area contributed by atoms with Crippen molar-refractivity contribution in [1.29, 1.82) is 0 Å². The zero-order valence-electron chi connectivity index (χ0n) is 18.4. The molecule has 0 saturated heterocycles. The van der Waals surface area contributed by atoms with Crippen molar-refractivity contribution in [3.63, 3.8) is 0 Å². The number of nitrogens with zero attached hydrogens (tertiary/aromatic N) is 2. The van der Waals surface area contributed by atoms with E-state index in [9.17, 15) is 4.79 Å². The molecule has 4 nitrogen and oxygen atoms in total. The van der Waals surface area contributed by atoms with Crippen LogP contribution in [0.25, 0.3) is 10.9 Å². The normalized spacial score (nSPS) is 11.1. The van der Waals surface area contributed by atoms with Crippen molar-refractivity contribution in [2.24, 2.45) is 0 Å². The molecule has 0 bridgehead atoms. The van der Waals surface area contributed by atoms with Crippen LogP contribution in [0.3, 0.4) is 0 Å². The van der Waals surface area contributed by atoms with Gasteiger partial charge in [-0.15, -0.1) is 6.42 Å². The molecule has 0 saturated carbocycles. The standard InChI is InChI=1S/C26H29Cl2N3O/c1-3-5-14-30(13-4-2)19-26(32)31(18-20-10-11-23(27)24(28)16-20)15-12-21-17-29-25-9-7-6-8-22(21)25/h2,6-11,16-17,29H,3,5,12-15,18-19H2,1H3. The van der Waals surface area contributed by atoms with Gasteiger partial charge < -0.3 is 9.88 Å². The second kappa shape index (κ2) is 12.0. The highest BCUT2D eigenvalue weighted by atomic mass is 35.5. The maximum atomic E-state index is 13.3. The Morgan fingerprint density at radius 1 is 1.12 bits per heavy atom. The molecule has 1 heterocycles. The predicted octanol–water partition coefficient (Wildman–Crippen LogP) is 5.78. The second-order valence-electron chi connectivity index (χ2n) is 7.94. The van der Waals surface area contributed by atoms with E-state index in [4.69, 9.17) is 29.6 Å². The number of hydrogen-bond acceptors (Lipinski definition) is 2. The van der Waals surface area contributed by atoms with Gasteiger partial charge in [-0.25, -0.2) is 0 Å². The van der Waals surface area contributed by atoms with Crippen molar-refractivity contribution in [3.8, 4) is 12.3 Å². The van der Waals surface area contributed by atoms with Crippen LogP contribution in [0.4, 0.5) is 0 Å². The number of rotatable bonds is 11. The van der Waals surface area contributed by atoms with Crippen molar-refractivity contribution in [2.75, 3.05) is 26.2 Å². The van der Waals surface area contributed by atoms with E-state index in [0.717, 1.165) is 36.9 Å². The number of halogens is 2. The smallest absolute Gasteiger partial charge is 0.237 e. The summed E-state index contributed by atoms with van der Waals surface area (Å²) in [7, 11) is 0. The van der Waals surface area contributed by atoms with Crippen LogP contribution in [-0.4, -0.2) is 46.9 Å². The van der Waals surface area contributed by atoms with Gasteiger partial charge >= 0.3 is 0 Å². The third-order valence-corrected chi connectivity index (χ3v) is 6.28. The molecule has 0 aliphatic rings. The van der Waals surface area contributed by atoms with E-state index in [-0.39, 0.29) is 5.91 Å². The van der Waals surface area contributed by atoms with Crippen LogP contribution < -0.4 is 0 Å². The van der Waals surface area contributed by atoms with Gasteiger partial charge in [-0.1, -0.05) is 66.7 Å². The summed E-state index contributed by atoms with van der Waals surface area (Å²) < 4.78 is 0. The molecule has 3 rings (SSSR count). The highest BCUT2D eigenvalue weighted by Gasteiger charge is 2.18. The van der Waals surface area contributed by atoms with Crippen molar-refractivity contribution in [2.45, 2.75) is 32.7 Å². The van der Waals surface area contributed by atoms with Crippen LogP contribution in [0.1, 0.15) is 30.9 Å². The van der Waals surface area contributed by atoms with E-state index in [0.29, 0.717) is 36.2 Å². The number of aromatic amines is 1. The number of benzene rings is 2. The van der Waals surface area contributed by atoms with Crippen molar-refractivity contribution in [3.05, 3.63) is 69.8 Å². The molecule has 1 N–H and O–H groups in total. The van der Waals surface area contributed by atoms with Gasteiger partial charge in [-0.3, -0.25) is 9.69 Å². The summed E-state index contributed by atoms with van der Waals surface area (Å²) in [5.41, 5.74) is 3.24. The van der Waals surface area contributed by atoms with Crippen molar-refractivity contribution >= 4 is 40.0 Å². The van der Waals surface area contributed by atoms with E-state index in [1.54, 1.807) is 6.07 Å². The molecule has 3 aromatic rings. The Kier molecular flexibility index (Phi) is 9.05. The van der Waals surface area contributed by atoms with Gasteiger partial charge in [0, 0.05) is 30.2 Å². The summed E-state index contributed by atoms with van der Waals surface area (Å²) in [6.45, 7) is 4.78. The first-order chi connectivity index (χ1) is 15.5. The lowest BCUT2D eigenvalue weighted by atomic mass is 10.1. The number of fused-ring (bicyclic) bond motifs is 1. The lowest BCUT2D eigenvalue weighted by Crippen LogP contribution is -2.41. The first-order valence-corrected chi connectivity index (χ1v) is 11.7. The molecule has 1 amide bonds. The van der Waals surface area contributed by atoms with E-state index in [1.807, 2.05) is 40.3 Å². The minimum atomic E-state index is 0.0577. The van der Waals surface area contributed by atoms with Gasteiger partial charge in [0.15, 0.2) is 0 Å². The topological polar surface area (TPSA) is 39.3 Å². The Labute approximate surface area is 200 Å². The zero-order valence-corrected chi connectivity index (χ0v) is 19.9. The highest BCUT2D eigenvalue weighted by Crippen LogP contribution is 2.24. The van der Waals surface area contributed by atoms with Crippen molar-refractivity contribution < 1.29 is 4.79 Å². The minimum Gasteiger partial charge on any atom is -0.361 e. The predicted molar refractivity (Wildman–Crippen MR) is 134 cm³/mol. The molecule has 0 atom stereocenters. The lowest BCUT2D eigenvalue weighted by Gasteiger charge is -2.27. The summed E-state index contributed by atoms with van der Waals surface area (Å²) >= 11 is 12.3. The Hall–Kier alpha value is -2.45. The van der Waals surface area contributed by atoms with Crippen LogP contribution in [-0.2, 0) is 17.8 Å². The molecule has 0 radical (unpaired) electrons. The van der Waals surface area contributed by atoms with Crippen molar-refractivity contribution in [1.82, 2.24) is 14.8 Å². The number of amides is 1. The van der Waals surface area contributed by atoms with Crippen LogP contribution in [0, 0.1) is 12.3 Å². The molecule has 0 unspecified atom stereocenters. The maximum Gasteiger partial charge on any atom is 0.237 e. The highest BCUT2D eigenvalue weighted by molar-refractivity contribution is 6.42. The number of nitrogens with one attached hydrogen (secondary N) is 1. The molecule has 0 aliphatic heterocycles. The largest absolute Gasteiger partial charge is 0.361 e. The number of unbranched alkanes of at least 4 members (excludes halogenated alkanes) is 1. The number of hydrogen-bond donors (Lipinski definition) is 1. The average Bonchev–Trinajstić information content (AvgIpc) is 3.20. The molecule has 32 heavy (non-hydrogen) atoms. The maximum absolute atomic E-state index is 13.3. The van der Waals surface area contributed by atoms with Crippen LogP contribution in [0.5, 0.6) is 0 Å². The number of carbonyl (C=O) groups excluding carboxylic acids is 1. The SMILES string of the molecule is C#CCN(CCCC)CC(=O)N(CCc1c[nH]c2ccccc12)Cc1ccc(Cl)c(Cl)c1. The molecule has 0 spiro atoms. The molecule has 0 aliphatic carbocycles. The van der Waals surface area contributed by atoms with Gasteiger partial charge in [0.25, 0.3) is 0 Å². The Morgan fingerprint density at radius 3 is 2.69 bits per heavy atom. The van der Waals surface area contributed by atoms with E-state index in [2.05, 4.69) is 30.0 Å². The molecular formula is C26H29Cl2N3O. The number of aromatic nitrogens is 1. The summed E-state index contributed by atoms with van der Waals surface area (Å²) in [5.74, 6) is 2.74. The van der Waals surface area contributed by atoms with E-state index >= 15 is 0 Å². The zero-order chi connectivity index (χ0) is 22.9. The fourth-order valence-corrected chi connectivity index (χ4v) is 4.08. The first kappa shape index (κ1) is 24.2. The fraction of sp³-hybridized carbons (Fsp3) is 0.346. The first-order valence-electron chi connectivity index (χ1n) is 10.9. The van der Waals surface area contributed by atoms with Gasteiger partial charge in [0.1, 0.15) is 0 Å². The third-order valence-electron chi connectivity index (χ3n) is 5.54. The van der Waals surface area contributed by atoms with Crippen LogP contribution >= 0.6 is 23.2 Å². The van der Waals surface area contributed by atoms with Gasteiger partial charge in [0.2, 0.25) is 5.91 Å². The molecule has 0 fully saturated rings. The van der Waals surface area contributed by atoms with E-state index < -0.39 is 0 Å². The van der Waals surface area contributed by atoms with E-state index in [1.165, 1.54) is 10.9 Å². The molecule has 168 valence electrons. The number of terminal acetylenes is 1. The monoisotopic (exact) mass is 469 g/mol. The van der Waals surface area contributed by atoms with Crippen LogP contribution in [0.15, 0.2) is 48.7 Å². The Balaban J connectivity index is 1.76. The molecule has 6 heteroatoms. The Bertz CT molecular complexity index is 1090. The minimum absolute atomic E-state index is 0.0577. The summed E-state index contributed by atoms with van der Waals surface area (Å²) in [6, 6.07) is 13.7. The summed E-state index contributed by atoms with van der Waals surface area (Å²) in [5, 5.41) is 2.18. The van der Waals surface area contributed by atoms with Gasteiger partial charge in [0.05, 0.1) is 23.1 Å². The Morgan fingerprint density at radius 2 is 1.94 bits per heavy atom.